The third-order valence-corrected chi connectivity index (χ3v) is 3.14. The van der Waals surface area contributed by atoms with Gasteiger partial charge in [-0.3, -0.25) is 4.79 Å². The highest BCUT2D eigenvalue weighted by molar-refractivity contribution is 6.32. The Kier molecular flexibility index (Phi) is 4.06. The molecular weight excluding hydrogens is 276 g/mol. The van der Waals surface area contributed by atoms with Crippen molar-refractivity contribution >= 4 is 23.3 Å². The molecule has 0 spiro atoms. The van der Waals surface area contributed by atoms with Crippen molar-refractivity contribution in [2.24, 2.45) is 0 Å². The van der Waals surface area contributed by atoms with Gasteiger partial charge in [0.1, 0.15) is 11.6 Å². The van der Waals surface area contributed by atoms with E-state index in [4.69, 9.17) is 16.9 Å². The molecule has 0 aliphatic carbocycles. The summed E-state index contributed by atoms with van der Waals surface area (Å²) in [5, 5.41) is 16.3. The molecule has 1 aromatic heterocycles. The van der Waals surface area contributed by atoms with Crippen LogP contribution in [0.4, 0.5) is 5.82 Å². The molecule has 0 aliphatic rings. The van der Waals surface area contributed by atoms with Gasteiger partial charge in [0.05, 0.1) is 16.9 Å². The Labute approximate surface area is 121 Å². The minimum atomic E-state index is -0.274. The van der Waals surface area contributed by atoms with Crippen LogP contribution in [-0.2, 0) is 11.2 Å². The number of hydrogen-bond acceptors (Lipinski definition) is 3. The molecule has 0 radical (unpaired) electrons. The Bertz CT molecular complexity index is 700. The Morgan fingerprint density at radius 3 is 2.85 bits per heavy atom. The van der Waals surface area contributed by atoms with Crippen molar-refractivity contribution in [2.75, 3.05) is 5.32 Å². The fraction of sp³-hybridized carbons (Fsp3) is 0.214. The summed E-state index contributed by atoms with van der Waals surface area (Å²) in [6.07, 6.45) is 2.27. The van der Waals surface area contributed by atoms with Crippen LogP contribution in [0.3, 0.4) is 0 Å². The van der Waals surface area contributed by atoms with Gasteiger partial charge in [0, 0.05) is 6.92 Å². The zero-order valence-corrected chi connectivity index (χ0v) is 11.9. The Morgan fingerprint density at radius 2 is 2.30 bits per heavy atom. The van der Waals surface area contributed by atoms with Crippen molar-refractivity contribution in [3.05, 3.63) is 40.5 Å². The summed E-state index contributed by atoms with van der Waals surface area (Å²) < 4.78 is 1.46. The van der Waals surface area contributed by atoms with E-state index in [1.54, 1.807) is 0 Å². The summed E-state index contributed by atoms with van der Waals surface area (Å²) in [5.74, 6) is 0.0516. The zero-order chi connectivity index (χ0) is 14.7. The molecule has 20 heavy (non-hydrogen) atoms. The molecule has 0 saturated heterocycles. The number of aromatic nitrogens is 2. The van der Waals surface area contributed by atoms with Gasteiger partial charge >= 0.3 is 0 Å². The lowest BCUT2D eigenvalue weighted by atomic mass is 10.1. The van der Waals surface area contributed by atoms with Crippen molar-refractivity contribution in [1.82, 2.24) is 9.78 Å². The average Bonchev–Trinajstić information content (AvgIpc) is 2.80. The first-order chi connectivity index (χ1) is 9.56. The van der Waals surface area contributed by atoms with Gasteiger partial charge in [0.25, 0.3) is 0 Å². The van der Waals surface area contributed by atoms with Gasteiger partial charge < -0.3 is 5.32 Å². The number of amides is 1. The largest absolute Gasteiger partial charge is 0.310 e. The Morgan fingerprint density at radius 1 is 1.55 bits per heavy atom. The molecular formula is C14H13ClN4O. The summed E-state index contributed by atoms with van der Waals surface area (Å²) >= 11 is 6.25. The van der Waals surface area contributed by atoms with E-state index in [1.807, 2.05) is 31.2 Å². The third kappa shape index (κ3) is 2.65. The van der Waals surface area contributed by atoms with Gasteiger partial charge in [-0.25, -0.2) is 4.68 Å². The van der Waals surface area contributed by atoms with Crippen LogP contribution in [0.2, 0.25) is 5.02 Å². The fourth-order valence-corrected chi connectivity index (χ4v) is 2.13. The predicted octanol–water partition coefficient (Wildman–Crippen LogP) is 2.92. The van der Waals surface area contributed by atoms with Gasteiger partial charge in [-0.2, -0.15) is 10.4 Å². The molecule has 2 aromatic rings. The van der Waals surface area contributed by atoms with Crippen LogP contribution in [0.1, 0.15) is 25.0 Å². The standard InChI is InChI=1S/C14H13ClN4O/c1-3-10-4-5-13(12(15)6-10)19-14(18-9(2)20)11(7-16)8-17-19/h4-6,8H,3H2,1-2H3,(H,18,20). The molecule has 6 heteroatoms. The molecule has 1 aromatic carbocycles. The number of anilines is 1. The number of carbonyl (C=O) groups excluding carboxylic acids is 1. The van der Waals surface area contributed by atoms with E-state index in [0.29, 0.717) is 16.5 Å². The molecule has 0 atom stereocenters. The van der Waals surface area contributed by atoms with E-state index in [1.165, 1.54) is 17.8 Å². The number of halogens is 1. The highest BCUT2D eigenvalue weighted by Gasteiger charge is 2.15. The van der Waals surface area contributed by atoms with E-state index in [0.717, 1.165) is 12.0 Å². The summed E-state index contributed by atoms with van der Waals surface area (Å²) in [5.41, 5.74) is 2.01. The average molecular weight is 289 g/mol. The maximum absolute atomic E-state index is 11.3. The van der Waals surface area contributed by atoms with E-state index in [-0.39, 0.29) is 11.5 Å². The smallest absolute Gasteiger partial charge is 0.222 e. The van der Waals surface area contributed by atoms with Crippen LogP contribution in [0.25, 0.3) is 5.69 Å². The molecule has 1 N–H and O–H groups in total. The lowest BCUT2D eigenvalue weighted by Gasteiger charge is -2.10. The zero-order valence-electron chi connectivity index (χ0n) is 11.1. The first kappa shape index (κ1) is 14.1. The molecule has 0 fully saturated rings. The van der Waals surface area contributed by atoms with E-state index < -0.39 is 0 Å². The number of carbonyl (C=O) groups is 1. The molecule has 1 amide bonds. The van der Waals surface area contributed by atoms with Crippen LogP contribution in [0, 0.1) is 11.3 Å². The second-order valence-electron chi connectivity index (χ2n) is 4.25. The maximum atomic E-state index is 11.3. The van der Waals surface area contributed by atoms with Crippen molar-refractivity contribution in [3.8, 4) is 11.8 Å². The van der Waals surface area contributed by atoms with Gasteiger partial charge in [-0.15, -0.1) is 0 Å². The number of nitriles is 1. The van der Waals surface area contributed by atoms with Gasteiger partial charge in [0.15, 0.2) is 5.82 Å². The first-order valence-corrected chi connectivity index (χ1v) is 6.49. The van der Waals surface area contributed by atoms with Crippen LogP contribution >= 0.6 is 11.6 Å². The van der Waals surface area contributed by atoms with Crippen LogP contribution in [0.15, 0.2) is 24.4 Å². The SMILES string of the molecule is CCc1ccc(-n2ncc(C#N)c2NC(C)=O)c(Cl)c1. The maximum Gasteiger partial charge on any atom is 0.222 e. The van der Waals surface area contributed by atoms with Crippen LogP contribution < -0.4 is 5.32 Å². The lowest BCUT2D eigenvalue weighted by Crippen LogP contribution is -2.12. The molecule has 102 valence electrons. The van der Waals surface area contributed by atoms with Gasteiger partial charge in [-0.1, -0.05) is 24.6 Å². The molecule has 0 aliphatic heterocycles. The summed E-state index contributed by atoms with van der Waals surface area (Å²) in [6.45, 7) is 3.41. The minimum absolute atomic E-state index is 0.274. The quantitative estimate of drug-likeness (QED) is 0.944. The predicted molar refractivity (Wildman–Crippen MR) is 77.0 cm³/mol. The Balaban J connectivity index is 2.55. The van der Waals surface area contributed by atoms with E-state index in [2.05, 4.69) is 10.4 Å². The number of benzene rings is 1. The second kappa shape index (κ2) is 5.76. The fourth-order valence-electron chi connectivity index (χ4n) is 1.84. The summed E-state index contributed by atoms with van der Waals surface area (Å²) in [6, 6.07) is 7.60. The number of hydrogen-bond donors (Lipinski definition) is 1. The Hall–Kier alpha value is -2.32. The summed E-state index contributed by atoms with van der Waals surface area (Å²) in [4.78, 5) is 11.3. The topological polar surface area (TPSA) is 70.7 Å². The van der Waals surface area contributed by atoms with Crippen molar-refractivity contribution in [2.45, 2.75) is 20.3 Å². The summed E-state index contributed by atoms with van der Waals surface area (Å²) in [7, 11) is 0. The van der Waals surface area contributed by atoms with E-state index in [9.17, 15) is 4.79 Å². The van der Waals surface area contributed by atoms with Crippen LogP contribution in [-0.4, -0.2) is 15.7 Å². The van der Waals surface area contributed by atoms with Crippen LogP contribution in [0.5, 0.6) is 0 Å². The molecule has 0 bridgehead atoms. The highest BCUT2D eigenvalue weighted by Crippen LogP contribution is 2.26. The number of aryl methyl sites for hydroxylation is 1. The highest BCUT2D eigenvalue weighted by atomic mass is 35.5. The van der Waals surface area contributed by atoms with E-state index >= 15 is 0 Å². The lowest BCUT2D eigenvalue weighted by molar-refractivity contribution is -0.114. The van der Waals surface area contributed by atoms with Gasteiger partial charge in [-0.05, 0) is 24.1 Å². The molecule has 0 unspecified atom stereocenters. The third-order valence-electron chi connectivity index (χ3n) is 2.83. The second-order valence-corrected chi connectivity index (χ2v) is 4.66. The molecule has 1 heterocycles. The molecule has 2 rings (SSSR count). The number of nitrogens with zero attached hydrogens (tertiary/aromatic N) is 3. The molecule has 5 nitrogen and oxygen atoms in total. The van der Waals surface area contributed by atoms with Gasteiger partial charge in [0.2, 0.25) is 5.91 Å². The minimum Gasteiger partial charge on any atom is -0.310 e. The van der Waals surface area contributed by atoms with Crippen molar-refractivity contribution in [3.63, 3.8) is 0 Å². The molecule has 0 saturated carbocycles. The monoisotopic (exact) mass is 288 g/mol. The van der Waals surface area contributed by atoms with Crippen molar-refractivity contribution in [1.29, 1.82) is 5.26 Å². The number of nitrogens with one attached hydrogen (secondary N) is 1. The number of rotatable bonds is 3. The van der Waals surface area contributed by atoms with Crippen molar-refractivity contribution < 1.29 is 4.79 Å². The normalized spacial score (nSPS) is 10.1. The first-order valence-electron chi connectivity index (χ1n) is 6.11.